The number of carboxylic acids is 1. The molecule has 2 aliphatic rings. The SMILES string of the molecule is CC(=O)NC(CCC(=O)O)C(=O)N1CC(O)CC1C(=O)NCC(=O)N1CCCC1C(=O)C(C)(C)C. The molecule has 12 nitrogen and oxygen atoms in total. The normalized spacial score (nSPS) is 23.1. The van der Waals surface area contributed by atoms with Crippen molar-refractivity contribution in [1.82, 2.24) is 20.4 Å². The lowest BCUT2D eigenvalue weighted by molar-refractivity contribution is -0.143. The van der Waals surface area contributed by atoms with Crippen molar-refractivity contribution in [1.29, 1.82) is 0 Å². The molecule has 2 rings (SSSR count). The van der Waals surface area contributed by atoms with Crippen LogP contribution in [-0.4, -0.2) is 99.3 Å². The molecule has 35 heavy (non-hydrogen) atoms. The molecule has 4 amide bonds. The van der Waals surface area contributed by atoms with E-state index >= 15 is 0 Å². The molecule has 0 aromatic heterocycles. The van der Waals surface area contributed by atoms with Crippen molar-refractivity contribution < 1.29 is 39.0 Å². The predicted octanol–water partition coefficient (Wildman–Crippen LogP) is -0.960. The minimum atomic E-state index is -1.17. The van der Waals surface area contributed by atoms with Crippen molar-refractivity contribution >= 4 is 35.4 Å². The molecule has 4 unspecified atom stereocenters. The fraction of sp³-hybridized carbons (Fsp3) is 0.739. The standard InChI is InChI=1S/C23H36N4O8/c1-13(28)25-15(7-8-19(31)32)22(35)27-12-14(29)10-17(27)21(34)24-11-18(30)26-9-5-6-16(26)20(33)23(2,3)4/h14-17,29H,5-12H2,1-4H3,(H,24,34)(H,25,28)(H,31,32). The van der Waals surface area contributed by atoms with E-state index in [1.54, 1.807) is 20.8 Å². The van der Waals surface area contributed by atoms with Crippen molar-refractivity contribution in [3.05, 3.63) is 0 Å². The highest BCUT2D eigenvalue weighted by Gasteiger charge is 2.42. The molecule has 0 aromatic carbocycles. The van der Waals surface area contributed by atoms with Gasteiger partial charge in [0.15, 0.2) is 5.78 Å². The van der Waals surface area contributed by atoms with Gasteiger partial charge in [0, 0.05) is 38.3 Å². The topological polar surface area (TPSA) is 173 Å². The summed E-state index contributed by atoms with van der Waals surface area (Å²) in [6.07, 6.45) is -0.353. The first kappa shape index (κ1) is 28.2. The predicted molar refractivity (Wildman–Crippen MR) is 123 cm³/mol. The van der Waals surface area contributed by atoms with Crippen LogP contribution in [0.2, 0.25) is 0 Å². The zero-order valence-corrected chi connectivity index (χ0v) is 20.7. The number of hydrogen-bond donors (Lipinski definition) is 4. The lowest BCUT2D eigenvalue weighted by atomic mass is 9.85. The average molecular weight is 497 g/mol. The number of hydrogen-bond acceptors (Lipinski definition) is 7. The molecule has 12 heteroatoms. The monoisotopic (exact) mass is 496 g/mol. The molecule has 2 aliphatic heterocycles. The molecule has 2 heterocycles. The molecule has 0 aliphatic carbocycles. The number of rotatable bonds is 9. The first-order valence-electron chi connectivity index (χ1n) is 11.8. The van der Waals surface area contributed by atoms with Gasteiger partial charge in [0.25, 0.3) is 0 Å². The zero-order chi connectivity index (χ0) is 26.5. The maximum absolute atomic E-state index is 13.0. The quantitative estimate of drug-likeness (QED) is 0.316. The highest BCUT2D eigenvalue weighted by molar-refractivity contribution is 5.96. The van der Waals surface area contributed by atoms with Gasteiger partial charge >= 0.3 is 5.97 Å². The number of nitrogens with zero attached hydrogens (tertiary/aromatic N) is 2. The Morgan fingerprint density at radius 2 is 1.71 bits per heavy atom. The highest BCUT2D eigenvalue weighted by atomic mass is 16.4. The maximum atomic E-state index is 13.0. The third-order valence-electron chi connectivity index (χ3n) is 6.22. The van der Waals surface area contributed by atoms with Gasteiger partial charge in [0.1, 0.15) is 12.1 Å². The molecular formula is C23H36N4O8. The molecule has 0 bridgehead atoms. The molecule has 2 saturated heterocycles. The fourth-order valence-corrected chi connectivity index (χ4v) is 4.50. The Morgan fingerprint density at radius 1 is 1.06 bits per heavy atom. The second kappa shape index (κ2) is 11.6. The number of likely N-dealkylation sites (tertiary alicyclic amines) is 2. The summed E-state index contributed by atoms with van der Waals surface area (Å²) in [4.78, 5) is 76.4. The van der Waals surface area contributed by atoms with Gasteiger partial charge in [-0.15, -0.1) is 0 Å². The van der Waals surface area contributed by atoms with Crippen LogP contribution in [0.3, 0.4) is 0 Å². The minimum absolute atomic E-state index is 0.0456. The van der Waals surface area contributed by atoms with Gasteiger partial charge in [-0.25, -0.2) is 0 Å². The largest absolute Gasteiger partial charge is 0.481 e. The number of aliphatic hydroxyl groups is 1. The third-order valence-corrected chi connectivity index (χ3v) is 6.22. The van der Waals surface area contributed by atoms with Gasteiger partial charge < -0.3 is 30.6 Å². The number of aliphatic carboxylic acids is 1. The Kier molecular flexibility index (Phi) is 9.36. The van der Waals surface area contributed by atoms with Gasteiger partial charge in [-0.3, -0.25) is 28.8 Å². The van der Waals surface area contributed by atoms with E-state index < -0.39 is 59.2 Å². The Morgan fingerprint density at radius 3 is 2.29 bits per heavy atom. The van der Waals surface area contributed by atoms with Crippen molar-refractivity contribution in [2.45, 2.75) is 84.0 Å². The van der Waals surface area contributed by atoms with Gasteiger partial charge in [-0.2, -0.15) is 0 Å². The number of ketones is 1. The van der Waals surface area contributed by atoms with Crippen molar-refractivity contribution in [2.75, 3.05) is 19.6 Å². The summed E-state index contributed by atoms with van der Waals surface area (Å²) in [6.45, 7) is 6.44. The Balaban J connectivity index is 2.05. The number of aliphatic hydroxyl groups excluding tert-OH is 1. The molecule has 196 valence electrons. The number of amides is 4. The van der Waals surface area contributed by atoms with Crippen LogP contribution >= 0.6 is 0 Å². The zero-order valence-electron chi connectivity index (χ0n) is 20.7. The van der Waals surface area contributed by atoms with E-state index in [1.807, 2.05) is 0 Å². The second-order valence-corrected chi connectivity index (χ2v) is 10.2. The molecule has 4 N–H and O–H groups in total. The number of carboxylic acid groups (broad SMARTS) is 1. The first-order chi connectivity index (χ1) is 16.2. The van der Waals surface area contributed by atoms with E-state index in [4.69, 9.17) is 5.11 Å². The van der Waals surface area contributed by atoms with Gasteiger partial charge in [-0.05, 0) is 19.3 Å². The van der Waals surface area contributed by atoms with Crippen molar-refractivity contribution in [3.63, 3.8) is 0 Å². The molecule has 2 fully saturated rings. The van der Waals surface area contributed by atoms with Crippen molar-refractivity contribution in [2.24, 2.45) is 5.41 Å². The van der Waals surface area contributed by atoms with Crippen LogP contribution in [0.1, 0.15) is 59.8 Å². The van der Waals surface area contributed by atoms with Crippen LogP contribution in [-0.2, 0) is 28.8 Å². The summed E-state index contributed by atoms with van der Waals surface area (Å²) in [5.74, 6) is -3.47. The number of Topliss-reactive ketones (excluding diaryl/α,β-unsaturated/α-hetero) is 1. The summed E-state index contributed by atoms with van der Waals surface area (Å²) in [5, 5.41) is 23.9. The summed E-state index contributed by atoms with van der Waals surface area (Å²) >= 11 is 0. The van der Waals surface area contributed by atoms with Crippen LogP contribution < -0.4 is 10.6 Å². The van der Waals surface area contributed by atoms with E-state index in [0.717, 1.165) is 4.90 Å². The first-order valence-corrected chi connectivity index (χ1v) is 11.8. The molecule has 0 saturated carbocycles. The van der Waals surface area contributed by atoms with Crippen LogP contribution in [0, 0.1) is 5.41 Å². The number of nitrogens with one attached hydrogen (secondary N) is 2. The maximum Gasteiger partial charge on any atom is 0.303 e. The lowest BCUT2D eigenvalue weighted by Gasteiger charge is -2.30. The Hall–Kier alpha value is -3.02. The molecule has 0 aromatic rings. The molecule has 0 spiro atoms. The molecular weight excluding hydrogens is 460 g/mol. The van der Waals surface area contributed by atoms with E-state index in [0.29, 0.717) is 19.4 Å². The summed E-state index contributed by atoms with van der Waals surface area (Å²) < 4.78 is 0. The molecule has 4 atom stereocenters. The van der Waals surface area contributed by atoms with Gasteiger partial charge in [0.2, 0.25) is 23.6 Å². The Labute approximate surface area is 204 Å². The van der Waals surface area contributed by atoms with Gasteiger partial charge in [-0.1, -0.05) is 20.8 Å². The van der Waals surface area contributed by atoms with Crippen molar-refractivity contribution in [3.8, 4) is 0 Å². The smallest absolute Gasteiger partial charge is 0.303 e. The summed E-state index contributed by atoms with van der Waals surface area (Å²) in [5.41, 5.74) is -0.608. The minimum Gasteiger partial charge on any atom is -0.481 e. The van der Waals surface area contributed by atoms with E-state index in [1.165, 1.54) is 11.8 Å². The third kappa shape index (κ3) is 7.48. The van der Waals surface area contributed by atoms with E-state index in [2.05, 4.69) is 10.6 Å². The fourth-order valence-electron chi connectivity index (χ4n) is 4.50. The highest BCUT2D eigenvalue weighted by Crippen LogP contribution is 2.27. The van der Waals surface area contributed by atoms with Crippen LogP contribution in [0.5, 0.6) is 0 Å². The average Bonchev–Trinajstić information content (AvgIpc) is 3.39. The van der Waals surface area contributed by atoms with Crippen LogP contribution in [0.4, 0.5) is 0 Å². The Bertz CT molecular complexity index is 868. The number of carbonyl (C=O) groups excluding carboxylic acids is 5. The summed E-state index contributed by atoms with van der Waals surface area (Å²) in [7, 11) is 0. The number of β-amino-alcohol motifs (C(OH)–C–C–N with tert-alkyl or cyclic N) is 1. The summed E-state index contributed by atoms with van der Waals surface area (Å²) in [6, 6.07) is -2.80. The lowest BCUT2D eigenvalue weighted by Crippen LogP contribution is -2.54. The number of carbonyl (C=O) groups is 6. The van der Waals surface area contributed by atoms with E-state index in [-0.39, 0.29) is 38.1 Å². The van der Waals surface area contributed by atoms with E-state index in [9.17, 15) is 33.9 Å². The molecule has 0 radical (unpaired) electrons. The second-order valence-electron chi connectivity index (χ2n) is 10.2. The van der Waals surface area contributed by atoms with Crippen LogP contribution in [0.15, 0.2) is 0 Å². The van der Waals surface area contributed by atoms with Gasteiger partial charge in [0.05, 0.1) is 18.7 Å². The van der Waals surface area contributed by atoms with Crippen LogP contribution in [0.25, 0.3) is 0 Å².